The average molecular weight is 518 g/mol. The highest BCUT2D eigenvalue weighted by molar-refractivity contribution is 5.96. The van der Waals surface area contributed by atoms with E-state index in [9.17, 15) is 23.1 Å². The van der Waals surface area contributed by atoms with E-state index in [4.69, 9.17) is 9.47 Å². The van der Waals surface area contributed by atoms with Gasteiger partial charge in [-0.05, 0) is 55.3 Å². The van der Waals surface area contributed by atoms with E-state index in [0.29, 0.717) is 60.4 Å². The first-order valence-corrected chi connectivity index (χ1v) is 11.7. The summed E-state index contributed by atoms with van der Waals surface area (Å²) in [7, 11) is 0. The topological polar surface area (TPSA) is 83.9 Å². The van der Waals surface area contributed by atoms with Gasteiger partial charge in [0.1, 0.15) is 12.4 Å². The first kappa shape index (κ1) is 27.9. The van der Waals surface area contributed by atoms with Crippen LogP contribution in [0.2, 0.25) is 0 Å². The zero-order valence-electron chi connectivity index (χ0n) is 20.8. The number of nitrogens with one attached hydrogen (secondary N) is 1. The summed E-state index contributed by atoms with van der Waals surface area (Å²) in [5.74, 6) is 0.304. The van der Waals surface area contributed by atoms with Gasteiger partial charge in [-0.2, -0.15) is 18.2 Å². The van der Waals surface area contributed by atoms with Crippen LogP contribution in [0.4, 0.5) is 19.0 Å². The van der Waals surface area contributed by atoms with E-state index in [1.54, 1.807) is 32.1 Å². The summed E-state index contributed by atoms with van der Waals surface area (Å²) in [6, 6.07) is 7.83. The molecule has 1 amide bonds. The van der Waals surface area contributed by atoms with Crippen LogP contribution in [0.25, 0.3) is 5.57 Å². The van der Waals surface area contributed by atoms with Crippen molar-refractivity contribution >= 4 is 17.3 Å². The summed E-state index contributed by atoms with van der Waals surface area (Å²) in [5.41, 5.74) is 1.43. The summed E-state index contributed by atoms with van der Waals surface area (Å²) in [6.45, 7) is 9.88. The Labute approximate surface area is 213 Å². The number of aromatic nitrogens is 1. The maximum absolute atomic E-state index is 13.1. The Morgan fingerprint density at radius 1 is 1.24 bits per heavy atom. The van der Waals surface area contributed by atoms with Crippen molar-refractivity contribution in [1.82, 2.24) is 10.3 Å². The monoisotopic (exact) mass is 517 g/mol. The van der Waals surface area contributed by atoms with Crippen molar-refractivity contribution in [2.24, 2.45) is 0 Å². The Balaban J connectivity index is 1.94. The lowest BCUT2D eigenvalue weighted by atomic mass is 9.99. The first-order chi connectivity index (χ1) is 17.6. The van der Waals surface area contributed by atoms with Gasteiger partial charge < -0.3 is 24.8 Å². The van der Waals surface area contributed by atoms with E-state index < -0.39 is 17.6 Å². The summed E-state index contributed by atoms with van der Waals surface area (Å²) < 4.78 is 50.3. The number of morpholine rings is 1. The molecule has 37 heavy (non-hydrogen) atoms. The van der Waals surface area contributed by atoms with Crippen LogP contribution >= 0.6 is 0 Å². The molecule has 1 aliphatic rings. The number of amides is 1. The molecule has 1 fully saturated rings. The van der Waals surface area contributed by atoms with Crippen molar-refractivity contribution in [1.29, 1.82) is 0 Å². The molecule has 2 heterocycles. The van der Waals surface area contributed by atoms with Crippen LogP contribution in [0.15, 0.2) is 66.4 Å². The zero-order valence-corrected chi connectivity index (χ0v) is 20.8. The molecular weight excluding hydrogens is 487 g/mol. The number of pyridine rings is 1. The average Bonchev–Trinajstić information content (AvgIpc) is 2.89. The van der Waals surface area contributed by atoms with Crippen molar-refractivity contribution in [2.75, 3.05) is 44.4 Å². The van der Waals surface area contributed by atoms with Gasteiger partial charge in [-0.3, -0.25) is 4.79 Å². The Bertz CT molecular complexity index is 1190. The largest absolute Gasteiger partial charge is 0.475 e. The minimum absolute atomic E-state index is 0.0677. The highest BCUT2D eigenvalue weighted by atomic mass is 19.4. The van der Waals surface area contributed by atoms with Crippen molar-refractivity contribution < 1.29 is 32.5 Å². The third-order valence-corrected chi connectivity index (χ3v) is 5.56. The third-order valence-electron chi connectivity index (χ3n) is 5.56. The van der Waals surface area contributed by atoms with Gasteiger partial charge in [-0.25, -0.2) is 0 Å². The smallest absolute Gasteiger partial charge is 0.416 e. The number of anilines is 1. The highest BCUT2D eigenvalue weighted by Gasteiger charge is 2.31. The van der Waals surface area contributed by atoms with Gasteiger partial charge in [0, 0.05) is 30.4 Å². The molecule has 3 rings (SSSR count). The lowest BCUT2D eigenvalue weighted by Gasteiger charge is -2.28. The number of allylic oxidation sites excluding steroid dienone is 4. The van der Waals surface area contributed by atoms with Gasteiger partial charge in [0.15, 0.2) is 0 Å². The summed E-state index contributed by atoms with van der Waals surface area (Å²) in [5, 5.41) is 11.9. The number of alkyl halides is 3. The maximum atomic E-state index is 13.1. The molecule has 0 atom stereocenters. The van der Waals surface area contributed by atoms with Gasteiger partial charge in [-0.15, -0.1) is 0 Å². The molecule has 0 unspecified atom stereocenters. The van der Waals surface area contributed by atoms with Crippen molar-refractivity contribution in [2.45, 2.75) is 20.0 Å². The number of rotatable bonds is 9. The van der Waals surface area contributed by atoms with Crippen LogP contribution < -0.4 is 15.0 Å². The lowest BCUT2D eigenvalue weighted by Crippen LogP contribution is -2.36. The second-order valence-electron chi connectivity index (χ2n) is 8.34. The number of hydrogen-bond donors (Lipinski definition) is 2. The molecule has 7 nitrogen and oxygen atoms in total. The Morgan fingerprint density at radius 3 is 2.59 bits per heavy atom. The summed E-state index contributed by atoms with van der Waals surface area (Å²) in [4.78, 5) is 19.4. The van der Waals surface area contributed by atoms with Gasteiger partial charge in [0.2, 0.25) is 5.88 Å². The lowest BCUT2D eigenvalue weighted by molar-refractivity contribution is -0.137. The van der Waals surface area contributed by atoms with Crippen molar-refractivity contribution in [3.8, 4) is 5.88 Å². The van der Waals surface area contributed by atoms with Gasteiger partial charge in [0.05, 0.1) is 25.4 Å². The molecule has 1 aromatic carbocycles. The predicted molar refractivity (Wildman–Crippen MR) is 135 cm³/mol. The molecule has 2 aromatic rings. The molecule has 198 valence electrons. The van der Waals surface area contributed by atoms with Gasteiger partial charge in [0.25, 0.3) is 5.91 Å². The quantitative estimate of drug-likeness (QED) is 0.473. The Kier molecular flexibility index (Phi) is 9.48. The second-order valence-corrected chi connectivity index (χ2v) is 8.34. The second kappa shape index (κ2) is 12.6. The van der Waals surface area contributed by atoms with E-state index in [1.807, 2.05) is 6.07 Å². The number of ether oxygens (including phenoxy) is 2. The van der Waals surface area contributed by atoms with Gasteiger partial charge >= 0.3 is 6.18 Å². The fourth-order valence-corrected chi connectivity index (χ4v) is 3.67. The molecule has 1 aliphatic heterocycles. The number of hydrogen-bond acceptors (Lipinski definition) is 6. The molecule has 0 spiro atoms. The fourth-order valence-electron chi connectivity index (χ4n) is 3.67. The van der Waals surface area contributed by atoms with E-state index in [1.165, 1.54) is 12.1 Å². The minimum atomic E-state index is -4.55. The van der Waals surface area contributed by atoms with E-state index in [2.05, 4.69) is 21.8 Å². The zero-order chi connectivity index (χ0) is 27.0. The first-order valence-electron chi connectivity index (χ1n) is 11.7. The maximum Gasteiger partial charge on any atom is 0.416 e. The van der Waals surface area contributed by atoms with Crippen molar-refractivity contribution in [3.05, 3.63) is 83.1 Å². The van der Waals surface area contributed by atoms with Crippen LogP contribution in [-0.4, -0.2) is 55.5 Å². The van der Waals surface area contributed by atoms with E-state index in [-0.39, 0.29) is 18.8 Å². The molecule has 10 heteroatoms. The predicted octanol–water partition coefficient (Wildman–Crippen LogP) is 4.60. The van der Waals surface area contributed by atoms with Gasteiger partial charge in [-0.1, -0.05) is 24.3 Å². The number of aliphatic hydroxyl groups excluding tert-OH is 1. The number of benzene rings is 1. The van der Waals surface area contributed by atoms with Crippen LogP contribution in [0.3, 0.4) is 0 Å². The molecule has 1 saturated heterocycles. The number of aliphatic hydroxyl groups is 1. The standard InChI is InChI=1S/C27H30F3N3O4/c1-4-22(31-26(35)19-6-5-7-21(14-19)27(28,29)30)17-23(18(2)3)20-15-24(33-8-11-36-12-9-33)32-25(16-20)37-13-10-34/h4-7,14-17,34H,2,8-13H2,1,3H3,(H,31,35)/b22-4?,23-17+. The number of nitrogens with zero attached hydrogens (tertiary/aromatic N) is 2. The highest BCUT2D eigenvalue weighted by Crippen LogP contribution is 2.31. The molecule has 1 aromatic heterocycles. The SMILES string of the molecule is C=C(C)/C(=C\C(=CC)NC(=O)c1cccc(C(F)(F)F)c1)c1cc(OCCO)nc(N2CCOCC2)c1. The Morgan fingerprint density at radius 2 is 1.97 bits per heavy atom. The molecule has 0 aliphatic carbocycles. The molecule has 0 saturated carbocycles. The van der Waals surface area contributed by atoms with Crippen LogP contribution in [0, 0.1) is 0 Å². The van der Waals surface area contributed by atoms with Crippen molar-refractivity contribution in [3.63, 3.8) is 0 Å². The van der Waals surface area contributed by atoms with Crippen LogP contribution in [-0.2, 0) is 10.9 Å². The molecule has 0 bridgehead atoms. The van der Waals surface area contributed by atoms with Crippen LogP contribution in [0.5, 0.6) is 5.88 Å². The summed E-state index contributed by atoms with van der Waals surface area (Å²) >= 11 is 0. The number of carbonyl (C=O) groups is 1. The van der Waals surface area contributed by atoms with Crippen LogP contribution in [0.1, 0.15) is 35.3 Å². The number of carbonyl (C=O) groups excluding carboxylic acids is 1. The molecule has 0 radical (unpaired) electrons. The molecular formula is C27H30F3N3O4. The van der Waals surface area contributed by atoms with E-state index in [0.717, 1.165) is 12.1 Å². The summed E-state index contributed by atoms with van der Waals surface area (Å²) in [6.07, 6.45) is -1.22. The van der Waals surface area contributed by atoms with E-state index >= 15 is 0 Å². The fraction of sp³-hybridized carbons (Fsp3) is 0.333. The minimum Gasteiger partial charge on any atom is -0.475 e. The normalized spacial score (nSPS) is 14.9. The molecule has 2 N–H and O–H groups in total. The Hall–Kier alpha value is -3.63. The number of halogens is 3. The third kappa shape index (κ3) is 7.68.